The van der Waals surface area contributed by atoms with Crippen molar-refractivity contribution in [2.75, 3.05) is 12.1 Å². The number of anilines is 1. The first-order valence-electron chi connectivity index (χ1n) is 7.42. The van der Waals surface area contributed by atoms with Crippen molar-refractivity contribution < 1.29 is 14.3 Å². The average molecular weight is 374 g/mol. The Kier molecular flexibility index (Phi) is 4.25. The highest BCUT2D eigenvalue weighted by Gasteiger charge is 2.18. The molecule has 0 saturated carbocycles. The second-order valence-electron chi connectivity index (χ2n) is 5.32. The van der Waals surface area contributed by atoms with E-state index in [0.29, 0.717) is 22.1 Å². The van der Waals surface area contributed by atoms with E-state index >= 15 is 0 Å². The molecule has 1 aliphatic rings. The molecule has 4 rings (SSSR count). The molecule has 0 aliphatic carbocycles. The van der Waals surface area contributed by atoms with Crippen molar-refractivity contribution in [3.05, 3.63) is 52.8 Å². The third kappa shape index (κ3) is 3.42. The molecule has 0 saturated heterocycles. The van der Waals surface area contributed by atoms with Crippen LogP contribution in [0.1, 0.15) is 5.56 Å². The van der Waals surface area contributed by atoms with Crippen LogP contribution in [-0.4, -0.2) is 22.7 Å². The molecule has 0 atom stereocenters. The Hall–Kier alpha value is -2.64. The molecule has 0 fully saturated rings. The number of fused-ring (bicyclic) bond motifs is 1. The first kappa shape index (κ1) is 15.9. The highest BCUT2D eigenvalue weighted by atomic mass is 35.5. The number of ether oxygens (including phenoxy) is 2. The van der Waals surface area contributed by atoms with Gasteiger partial charge in [-0.1, -0.05) is 11.6 Å². The standard InChI is InChI=1S/C17H12ClN3O3S/c18-12-6-15-14(23-9-24-15)3-10(12)4-17(22)21-11-5-16(25-7-11)13-1-2-19-8-20-13/h1-3,5-8H,4,9H2,(H,21,22). The molecule has 25 heavy (non-hydrogen) atoms. The van der Waals surface area contributed by atoms with Gasteiger partial charge in [0, 0.05) is 22.7 Å². The zero-order chi connectivity index (χ0) is 17.2. The zero-order valence-electron chi connectivity index (χ0n) is 12.9. The number of amides is 1. The highest BCUT2D eigenvalue weighted by molar-refractivity contribution is 7.14. The molecule has 0 radical (unpaired) electrons. The SMILES string of the molecule is O=C(Cc1cc2c(cc1Cl)OCO2)Nc1csc(-c2ccncn2)c1. The molecule has 0 bridgehead atoms. The van der Waals surface area contributed by atoms with Crippen LogP contribution in [0.15, 0.2) is 42.2 Å². The van der Waals surface area contributed by atoms with Crippen LogP contribution < -0.4 is 14.8 Å². The normalized spacial score (nSPS) is 12.2. The minimum Gasteiger partial charge on any atom is -0.454 e. The highest BCUT2D eigenvalue weighted by Crippen LogP contribution is 2.37. The minimum absolute atomic E-state index is 0.147. The van der Waals surface area contributed by atoms with E-state index in [1.54, 1.807) is 18.3 Å². The number of nitrogens with one attached hydrogen (secondary N) is 1. The molecule has 6 nitrogen and oxygen atoms in total. The van der Waals surface area contributed by atoms with Gasteiger partial charge in [0.15, 0.2) is 11.5 Å². The summed E-state index contributed by atoms with van der Waals surface area (Å²) in [5, 5.41) is 5.22. The van der Waals surface area contributed by atoms with Crippen LogP contribution in [0, 0.1) is 0 Å². The number of carbonyl (C=O) groups is 1. The van der Waals surface area contributed by atoms with E-state index < -0.39 is 0 Å². The van der Waals surface area contributed by atoms with Gasteiger partial charge in [0.25, 0.3) is 0 Å². The summed E-state index contributed by atoms with van der Waals surface area (Å²) in [5.74, 6) is 1.04. The summed E-state index contributed by atoms with van der Waals surface area (Å²) in [6.45, 7) is 0.169. The van der Waals surface area contributed by atoms with Crippen molar-refractivity contribution in [3.63, 3.8) is 0 Å². The smallest absolute Gasteiger partial charge is 0.231 e. The number of thiophene rings is 1. The first-order valence-corrected chi connectivity index (χ1v) is 8.67. The lowest BCUT2D eigenvalue weighted by Gasteiger charge is -2.06. The van der Waals surface area contributed by atoms with Gasteiger partial charge in [-0.05, 0) is 23.8 Å². The fourth-order valence-corrected chi connectivity index (χ4v) is 3.48. The van der Waals surface area contributed by atoms with Crippen LogP contribution in [-0.2, 0) is 11.2 Å². The van der Waals surface area contributed by atoms with Crippen LogP contribution >= 0.6 is 22.9 Å². The monoisotopic (exact) mass is 373 g/mol. The number of aromatic nitrogens is 2. The number of rotatable bonds is 4. The van der Waals surface area contributed by atoms with Crippen LogP contribution in [0.5, 0.6) is 11.5 Å². The lowest BCUT2D eigenvalue weighted by Crippen LogP contribution is -2.14. The summed E-state index contributed by atoms with van der Waals surface area (Å²) in [4.78, 5) is 21.4. The Labute approximate surface area is 152 Å². The van der Waals surface area contributed by atoms with Gasteiger partial charge in [-0.25, -0.2) is 9.97 Å². The van der Waals surface area contributed by atoms with Crippen LogP contribution in [0.25, 0.3) is 10.6 Å². The Morgan fingerprint density at radius 3 is 2.92 bits per heavy atom. The molecule has 1 aromatic carbocycles. The van der Waals surface area contributed by atoms with E-state index in [1.807, 2.05) is 17.5 Å². The molecule has 0 spiro atoms. The number of carbonyl (C=O) groups excluding carboxylic acids is 1. The van der Waals surface area contributed by atoms with E-state index in [1.165, 1.54) is 17.7 Å². The van der Waals surface area contributed by atoms with Crippen molar-refractivity contribution in [1.82, 2.24) is 9.97 Å². The summed E-state index contributed by atoms with van der Waals surface area (Å²) in [6, 6.07) is 7.12. The maximum Gasteiger partial charge on any atom is 0.231 e. The average Bonchev–Trinajstić information content (AvgIpc) is 3.25. The molecular formula is C17H12ClN3O3S. The second-order valence-corrected chi connectivity index (χ2v) is 6.63. The van der Waals surface area contributed by atoms with Crippen LogP contribution in [0.2, 0.25) is 5.02 Å². The maximum absolute atomic E-state index is 12.3. The minimum atomic E-state index is -0.159. The van der Waals surface area contributed by atoms with E-state index in [9.17, 15) is 4.79 Å². The largest absolute Gasteiger partial charge is 0.454 e. The predicted molar refractivity (Wildman–Crippen MR) is 95.3 cm³/mol. The molecule has 1 aliphatic heterocycles. The third-order valence-corrected chi connectivity index (χ3v) is 4.91. The number of hydrogen-bond acceptors (Lipinski definition) is 6. The van der Waals surface area contributed by atoms with Crippen molar-refractivity contribution >= 4 is 34.5 Å². The fourth-order valence-electron chi connectivity index (χ4n) is 2.45. The van der Waals surface area contributed by atoms with Crippen molar-refractivity contribution in [2.24, 2.45) is 0 Å². The molecule has 2 aromatic heterocycles. The molecular weight excluding hydrogens is 362 g/mol. The second kappa shape index (κ2) is 6.70. The Morgan fingerprint density at radius 2 is 2.12 bits per heavy atom. The van der Waals surface area contributed by atoms with Gasteiger partial charge in [0.05, 0.1) is 22.7 Å². The van der Waals surface area contributed by atoms with Gasteiger partial charge in [-0.2, -0.15) is 0 Å². The van der Waals surface area contributed by atoms with E-state index in [-0.39, 0.29) is 19.1 Å². The van der Waals surface area contributed by atoms with E-state index in [0.717, 1.165) is 16.3 Å². The molecule has 126 valence electrons. The van der Waals surface area contributed by atoms with Gasteiger partial charge < -0.3 is 14.8 Å². The summed E-state index contributed by atoms with van der Waals surface area (Å²) in [5.41, 5.74) is 2.23. The Balaban J connectivity index is 1.46. The van der Waals surface area contributed by atoms with Gasteiger partial charge in [-0.15, -0.1) is 11.3 Å². The van der Waals surface area contributed by atoms with E-state index in [4.69, 9.17) is 21.1 Å². The number of halogens is 1. The fraction of sp³-hybridized carbons (Fsp3) is 0.118. The summed E-state index contributed by atoms with van der Waals surface area (Å²) in [6.07, 6.45) is 3.32. The number of benzene rings is 1. The zero-order valence-corrected chi connectivity index (χ0v) is 14.4. The number of nitrogens with zero attached hydrogens (tertiary/aromatic N) is 2. The molecule has 8 heteroatoms. The molecule has 1 N–H and O–H groups in total. The summed E-state index contributed by atoms with van der Waals surface area (Å²) < 4.78 is 10.6. The third-order valence-electron chi connectivity index (χ3n) is 3.61. The molecule has 0 unspecified atom stereocenters. The van der Waals surface area contributed by atoms with Crippen molar-refractivity contribution in [1.29, 1.82) is 0 Å². The summed E-state index contributed by atoms with van der Waals surface area (Å²) in [7, 11) is 0. The van der Waals surface area contributed by atoms with Gasteiger partial charge >= 0.3 is 0 Å². The van der Waals surface area contributed by atoms with Crippen LogP contribution in [0.4, 0.5) is 5.69 Å². The Bertz CT molecular complexity index is 930. The predicted octanol–water partition coefficient (Wildman–Crippen LogP) is 3.77. The quantitative estimate of drug-likeness (QED) is 0.753. The summed E-state index contributed by atoms with van der Waals surface area (Å²) >= 11 is 7.71. The molecule has 3 heterocycles. The first-order chi connectivity index (χ1) is 12.2. The number of hydrogen-bond donors (Lipinski definition) is 1. The van der Waals surface area contributed by atoms with Crippen molar-refractivity contribution in [3.8, 4) is 22.1 Å². The lowest BCUT2D eigenvalue weighted by molar-refractivity contribution is -0.115. The molecule has 3 aromatic rings. The van der Waals surface area contributed by atoms with Gasteiger partial charge in [-0.3, -0.25) is 4.79 Å². The van der Waals surface area contributed by atoms with Crippen molar-refractivity contribution in [2.45, 2.75) is 6.42 Å². The lowest BCUT2D eigenvalue weighted by atomic mass is 10.1. The Morgan fingerprint density at radius 1 is 1.28 bits per heavy atom. The van der Waals surface area contributed by atoms with Crippen LogP contribution in [0.3, 0.4) is 0 Å². The topological polar surface area (TPSA) is 73.3 Å². The van der Waals surface area contributed by atoms with E-state index in [2.05, 4.69) is 15.3 Å². The van der Waals surface area contributed by atoms with Gasteiger partial charge in [0.1, 0.15) is 6.33 Å². The maximum atomic E-state index is 12.3. The van der Waals surface area contributed by atoms with Gasteiger partial charge in [0.2, 0.25) is 12.7 Å². The molecule has 1 amide bonds.